The Morgan fingerprint density at radius 1 is 1.35 bits per heavy atom. The average molecular weight is 313 g/mol. The Labute approximate surface area is 132 Å². The zero-order chi connectivity index (χ0) is 16.8. The molecule has 0 aliphatic carbocycles. The number of hydrazine groups is 1. The average Bonchev–Trinajstić information content (AvgIpc) is 2.96. The van der Waals surface area contributed by atoms with Crippen LogP contribution in [0.25, 0.3) is 0 Å². The van der Waals surface area contributed by atoms with Gasteiger partial charge in [0.1, 0.15) is 5.75 Å². The number of aliphatic carboxylic acids is 1. The second-order valence-electron chi connectivity index (χ2n) is 4.43. The number of nitrogens with two attached hydrogens (primary N) is 2. The maximum absolute atomic E-state index is 10.8. The van der Waals surface area contributed by atoms with Gasteiger partial charge in [0.2, 0.25) is 5.88 Å². The van der Waals surface area contributed by atoms with Crippen molar-refractivity contribution < 1.29 is 14.6 Å². The standard InChI is InChI=1S/C15H15N5O3/c1-20-9-8-18-12(20)7-4-10-2-5-11(6-3-10)23-14(19-17)13(16)15(21)22/h2-3,5-6,8-9,19H,16-17H2,1H3,(H,21,22)/b14-13+. The highest BCUT2D eigenvalue weighted by atomic mass is 16.5. The van der Waals surface area contributed by atoms with Gasteiger partial charge in [0.15, 0.2) is 11.5 Å². The highest BCUT2D eigenvalue weighted by molar-refractivity contribution is 5.85. The lowest BCUT2D eigenvalue weighted by Crippen LogP contribution is -2.31. The van der Waals surface area contributed by atoms with Crippen molar-refractivity contribution in [2.75, 3.05) is 0 Å². The van der Waals surface area contributed by atoms with Crippen molar-refractivity contribution in [1.29, 1.82) is 0 Å². The molecule has 2 rings (SSSR count). The zero-order valence-electron chi connectivity index (χ0n) is 12.3. The van der Waals surface area contributed by atoms with Crippen molar-refractivity contribution in [3.8, 4) is 17.6 Å². The number of nitrogens with zero attached hydrogens (tertiary/aromatic N) is 2. The highest BCUT2D eigenvalue weighted by Gasteiger charge is 2.11. The monoisotopic (exact) mass is 313 g/mol. The van der Waals surface area contributed by atoms with Gasteiger partial charge in [-0.2, -0.15) is 0 Å². The minimum atomic E-state index is -1.34. The van der Waals surface area contributed by atoms with Crippen LogP contribution in [0.3, 0.4) is 0 Å². The highest BCUT2D eigenvalue weighted by Crippen LogP contribution is 2.14. The van der Waals surface area contributed by atoms with Crippen molar-refractivity contribution in [1.82, 2.24) is 15.0 Å². The van der Waals surface area contributed by atoms with Crippen LogP contribution in [-0.4, -0.2) is 20.6 Å². The Morgan fingerprint density at radius 3 is 2.57 bits per heavy atom. The van der Waals surface area contributed by atoms with Crippen LogP contribution in [0.15, 0.2) is 48.2 Å². The van der Waals surface area contributed by atoms with Crippen molar-refractivity contribution >= 4 is 5.97 Å². The molecule has 0 unspecified atom stereocenters. The lowest BCUT2D eigenvalue weighted by molar-refractivity contribution is -0.132. The zero-order valence-corrected chi connectivity index (χ0v) is 12.3. The van der Waals surface area contributed by atoms with E-state index in [9.17, 15) is 4.79 Å². The molecule has 0 aliphatic heterocycles. The summed E-state index contributed by atoms with van der Waals surface area (Å²) in [4.78, 5) is 14.9. The first-order chi connectivity index (χ1) is 11.0. The van der Waals surface area contributed by atoms with Gasteiger partial charge in [-0.05, 0) is 30.2 Å². The molecule has 8 heteroatoms. The molecular formula is C15H15N5O3. The number of imidazole rings is 1. The van der Waals surface area contributed by atoms with E-state index in [4.69, 9.17) is 21.4 Å². The summed E-state index contributed by atoms with van der Waals surface area (Å²) in [7, 11) is 1.86. The van der Waals surface area contributed by atoms with Gasteiger partial charge in [-0.3, -0.25) is 5.43 Å². The van der Waals surface area contributed by atoms with E-state index in [-0.39, 0.29) is 5.88 Å². The summed E-state index contributed by atoms with van der Waals surface area (Å²) in [6.45, 7) is 0. The van der Waals surface area contributed by atoms with Crippen LogP contribution in [0, 0.1) is 11.8 Å². The predicted octanol–water partition coefficient (Wildman–Crippen LogP) is -0.126. The predicted molar refractivity (Wildman–Crippen MR) is 82.4 cm³/mol. The summed E-state index contributed by atoms with van der Waals surface area (Å²) < 4.78 is 7.09. The van der Waals surface area contributed by atoms with Gasteiger partial charge in [0.25, 0.3) is 0 Å². The maximum Gasteiger partial charge on any atom is 0.357 e. The number of aryl methyl sites for hydroxylation is 1. The first-order valence-corrected chi connectivity index (χ1v) is 6.48. The van der Waals surface area contributed by atoms with E-state index in [1.165, 1.54) is 0 Å². The van der Waals surface area contributed by atoms with Gasteiger partial charge in [-0.1, -0.05) is 5.92 Å². The van der Waals surface area contributed by atoms with Crippen molar-refractivity contribution in [2.45, 2.75) is 0 Å². The van der Waals surface area contributed by atoms with Crippen LogP contribution in [0.5, 0.6) is 5.75 Å². The molecule has 6 N–H and O–H groups in total. The second-order valence-corrected chi connectivity index (χ2v) is 4.43. The molecule has 0 aliphatic rings. The Morgan fingerprint density at radius 2 is 2.04 bits per heavy atom. The number of aromatic nitrogens is 2. The van der Waals surface area contributed by atoms with E-state index in [0.29, 0.717) is 11.6 Å². The molecule has 1 heterocycles. The smallest absolute Gasteiger partial charge is 0.357 e. The molecule has 1 aromatic heterocycles. The van der Waals surface area contributed by atoms with Gasteiger partial charge in [-0.15, -0.1) is 0 Å². The first-order valence-electron chi connectivity index (χ1n) is 6.48. The van der Waals surface area contributed by atoms with Gasteiger partial charge >= 0.3 is 5.97 Å². The molecule has 118 valence electrons. The summed E-state index contributed by atoms with van der Waals surface area (Å²) in [5, 5.41) is 8.80. The van der Waals surface area contributed by atoms with Crippen LogP contribution in [0.1, 0.15) is 11.4 Å². The Balaban J connectivity index is 2.14. The van der Waals surface area contributed by atoms with E-state index >= 15 is 0 Å². The summed E-state index contributed by atoms with van der Waals surface area (Å²) in [5.74, 6) is 10.5. The lowest BCUT2D eigenvalue weighted by atomic mass is 10.2. The maximum atomic E-state index is 10.8. The number of carbonyl (C=O) groups is 1. The molecule has 8 nitrogen and oxygen atoms in total. The van der Waals surface area contributed by atoms with Crippen LogP contribution in [-0.2, 0) is 11.8 Å². The molecule has 0 atom stereocenters. The summed E-state index contributed by atoms with van der Waals surface area (Å²) >= 11 is 0. The number of ether oxygens (including phenoxy) is 1. The Hall–Kier alpha value is -3.44. The van der Waals surface area contributed by atoms with E-state index in [2.05, 4.69) is 22.3 Å². The summed E-state index contributed by atoms with van der Waals surface area (Å²) in [6.07, 6.45) is 3.48. The van der Waals surface area contributed by atoms with Gasteiger partial charge in [-0.25, -0.2) is 15.6 Å². The molecule has 0 saturated carbocycles. The molecular weight excluding hydrogens is 298 g/mol. The van der Waals surface area contributed by atoms with Gasteiger partial charge in [0, 0.05) is 25.0 Å². The Kier molecular flexibility index (Phi) is 4.86. The van der Waals surface area contributed by atoms with Crippen molar-refractivity contribution in [2.24, 2.45) is 18.6 Å². The quantitative estimate of drug-likeness (QED) is 0.203. The summed E-state index contributed by atoms with van der Waals surface area (Å²) in [6, 6.07) is 6.68. The van der Waals surface area contributed by atoms with E-state index in [1.54, 1.807) is 30.5 Å². The molecule has 0 fully saturated rings. The molecule has 2 aromatic rings. The SMILES string of the molecule is Cn1ccnc1C#Cc1ccc(O/C(NN)=C(/N)C(=O)O)cc1. The van der Waals surface area contributed by atoms with Gasteiger partial charge < -0.3 is 20.1 Å². The lowest BCUT2D eigenvalue weighted by Gasteiger charge is -2.10. The normalized spacial score (nSPS) is 11.0. The second kappa shape index (κ2) is 7.02. The molecule has 0 spiro atoms. The van der Waals surface area contributed by atoms with Crippen LogP contribution in [0.4, 0.5) is 0 Å². The minimum absolute atomic E-state index is 0.246. The number of carboxylic acid groups (broad SMARTS) is 1. The number of rotatable bonds is 4. The third-order valence-corrected chi connectivity index (χ3v) is 2.82. The molecule has 0 bridgehead atoms. The topological polar surface area (TPSA) is 128 Å². The number of nitrogens with one attached hydrogen (secondary N) is 1. The van der Waals surface area contributed by atoms with E-state index < -0.39 is 11.7 Å². The largest absolute Gasteiger partial charge is 0.476 e. The molecule has 1 aromatic carbocycles. The van der Waals surface area contributed by atoms with Crippen LogP contribution >= 0.6 is 0 Å². The minimum Gasteiger partial charge on any atom is -0.476 e. The third kappa shape index (κ3) is 4.03. The van der Waals surface area contributed by atoms with Crippen molar-refractivity contribution in [3.05, 3.63) is 59.6 Å². The summed E-state index contributed by atoms with van der Waals surface area (Å²) in [5.41, 5.74) is 7.68. The van der Waals surface area contributed by atoms with Crippen LogP contribution < -0.4 is 21.7 Å². The third-order valence-electron chi connectivity index (χ3n) is 2.82. The van der Waals surface area contributed by atoms with Crippen molar-refractivity contribution in [3.63, 3.8) is 0 Å². The molecule has 0 radical (unpaired) electrons. The van der Waals surface area contributed by atoms with E-state index in [1.807, 2.05) is 17.8 Å². The number of hydrogen-bond donors (Lipinski definition) is 4. The number of hydrogen-bond acceptors (Lipinski definition) is 6. The molecule has 0 amide bonds. The fourth-order valence-corrected chi connectivity index (χ4v) is 1.60. The first kappa shape index (κ1) is 15.9. The Bertz CT molecular complexity index is 797. The van der Waals surface area contributed by atoms with Crippen LogP contribution in [0.2, 0.25) is 0 Å². The van der Waals surface area contributed by atoms with Gasteiger partial charge in [0.05, 0.1) is 0 Å². The fourth-order valence-electron chi connectivity index (χ4n) is 1.60. The number of benzene rings is 1. The van der Waals surface area contributed by atoms with E-state index in [0.717, 1.165) is 5.56 Å². The fraction of sp³-hybridized carbons (Fsp3) is 0.0667. The molecule has 23 heavy (non-hydrogen) atoms. The number of carboxylic acids is 1. The molecule has 0 saturated heterocycles.